The van der Waals surface area contributed by atoms with E-state index in [9.17, 15) is 22.8 Å². The number of alkyl halides is 1. The third-order valence-corrected chi connectivity index (χ3v) is 10.7. The summed E-state index contributed by atoms with van der Waals surface area (Å²) < 4.78 is 83.1. The molecule has 0 radical (unpaired) electrons. The molecule has 0 aliphatic heterocycles. The molecule has 0 spiro atoms. The van der Waals surface area contributed by atoms with Crippen LogP contribution < -0.4 is 0 Å². The van der Waals surface area contributed by atoms with E-state index in [1.165, 1.54) is 12.1 Å². The second kappa shape index (κ2) is 18.5. The molecule has 1 atom stereocenters. The monoisotopic (exact) mass is 676 g/mol. The minimum absolute atomic E-state index is 0.0268. The van der Waals surface area contributed by atoms with Crippen molar-refractivity contribution in [3.63, 3.8) is 0 Å². The molecule has 0 aromatic heterocycles. The van der Waals surface area contributed by atoms with Gasteiger partial charge in [0.05, 0.1) is 19.9 Å². The van der Waals surface area contributed by atoms with E-state index in [0.29, 0.717) is 68.2 Å². The minimum atomic E-state index is -1.15. The fourth-order valence-electron chi connectivity index (χ4n) is 8.03. The molecule has 2 aliphatic rings. The number of hydrogen-bond donors (Lipinski definition) is 0. The lowest BCUT2D eigenvalue weighted by molar-refractivity contribution is -0.139. The molecule has 2 aromatic carbocycles. The van der Waals surface area contributed by atoms with Gasteiger partial charge in [0, 0.05) is 16.7 Å². The highest BCUT2D eigenvalue weighted by Crippen LogP contribution is 2.47. The van der Waals surface area contributed by atoms with Crippen LogP contribution in [0.25, 0.3) is 11.1 Å². The summed E-state index contributed by atoms with van der Waals surface area (Å²) in [5, 5.41) is 0. The standard InChI is InChI=1S/C39H49F5O4/c1-25(2)39(46)48-20-5-7-26(18-21-47-24-45)27-8-10-28(11-9-27)29-12-14-30(15-13-29)36-34(41)22-32(23-35(36)42)33-17-16-31(6-3-4-19-40)37(43)38(33)44/h16-17,22-24,26-30H,1,3-15,18-21H2,2H3. The summed E-state index contributed by atoms with van der Waals surface area (Å²) in [6, 6.07) is 4.94. The molecule has 2 fully saturated rings. The largest absolute Gasteiger partial charge is 0.468 e. The Hall–Kier alpha value is -3.23. The van der Waals surface area contributed by atoms with Gasteiger partial charge in [-0.25, -0.2) is 22.4 Å². The number of unbranched alkanes of at least 4 members (excludes halogenated alkanes) is 1. The molecule has 264 valence electrons. The average Bonchev–Trinajstić information content (AvgIpc) is 3.08. The van der Waals surface area contributed by atoms with E-state index in [-0.39, 0.29) is 47.0 Å². The fraction of sp³-hybridized carbons (Fsp3) is 0.590. The van der Waals surface area contributed by atoms with Crippen LogP contribution in [0.15, 0.2) is 36.4 Å². The van der Waals surface area contributed by atoms with Crippen LogP contribution in [0.3, 0.4) is 0 Å². The van der Waals surface area contributed by atoms with Gasteiger partial charge in [-0.1, -0.05) is 18.7 Å². The summed E-state index contributed by atoms with van der Waals surface area (Å²) in [5.74, 6) is -2.42. The summed E-state index contributed by atoms with van der Waals surface area (Å²) in [6.07, 6.45) is 10.6. The maximum Gasteiger partial charge on any atom is 0.333 e. The maximum absolute atomic E-state index is 15.4. The zero-order valence-electron chi connectivity index (χ0n) is 28.0. The third kappa shape index (κ3) is 9.91. The SMILES string of the molecule is C=C(C)C(=O)OCCCC(CCOC=O)C1CCC(C2CCC(c3c(F)cc(-c4ccc(CCCCF)c(F)c4F)cc3F)CC2)CC1. The predicted octanol–water partition coefficient (Wildman–Crippen LogP) is 10.4. The average molecular weight is 677 g/mol. The minimum Gasteiger partial charge on any atom is -0.468 e. The number of rotatable bonds is 17. The summed E-state index contributed by atoms with van der Waals surface area (Å²) in [7, 11) is 0. The summed E-state index contributed by atoms with van der Waals surface area (Å²) in [6.45, 7) is 5.89. The van der Waals surface area contributed by atoms with Crippen molar-refractivity contribution in [3.8, 4) is 11.1 Å². The molecule has 2 aromatic rings. The van der Waals surface area contributed by atoms with E-state index in [2.05, 4.69) is 6.58 Å². The Kier molecular flexibility index (Phi) is 14.5. The van der Waals surface area contributed by atoms with Gasteiger partial charge >= 0.3 is 5.97 Å². The van der Waals surface area contributed by atoms with Gasteiger partial charge in [0.2, 0.25) is 0 Å². The van der Waals surface area contributed by atoms with Crippen LogP contribution >= 0.6 is 0 Å². The van der Waals surface area contributed by atoms with E-state index in [4.69, 9.17) is 9.47 Å². The lowest BCUT2D eigenvalue weighted by Crippen LogP contribution is -2.29. The first-order valence-electron chi connectivity index (χ1n) is 17.5. The molecule has 0 N–H and O–H groups in total. The molecule has 0 amide bonds. The van der Waals surface area contributed by atoms with Gasteiger partial charge in [0.15, 0.2) is 11.6 Å². The van der Waals surface area contributed by atoms with Crippen molar-refractivity contribution >= 4 is 12.4 Å². The maximum atomic E-state index is 15.4. The Morgan fingerprint density at radius 3 is 2.12 bits per heavy atom. The normalized spacial score (nSPS) is 21.8. The first-order valence-corrected chi connectivity index (χ1v) is 17.5. The Morgan fingerprint density at radius 2 is 1.52 bits per heavy atom. The molecule has 4 nitrogen and oxygen atoms in total. The van der Waals surface area contributed by atoms with Crippen LogP contribution in [0, 0.1) is 46.9 Å². The van der Waals surface area contributed by atoms with E-state index in [1.807, 2.05) is 0 Å². The molecule has 0 bridgehead atoms. The number of halogens is 5. The number of carbonyl (C=O) groups excluding carboxylic acids is 2. The molecule has 2 aliphatic carbocycles. The Bertz CT molecular complexity index is 1360. The zero-order valence-corrected chi connectivity index (χ0v) is 28.0. The number of esters is 1. The zero-order chi connectivity index (χ0) is 34.6. The smallest absolute Gasteiger partial charge is 0.333 e. The second-order valence-electron chi connectivity index (χ2n) is 13.8. The van der Waals surface area contributed by atoms with E-state index >= 15 is 8.78 Å². The predicted molar refractivity (Wildman–Crippen MR) is 176 cm³/mol. The van der Waals surface area contributed by atoms with Crippen molar-refractivity contribution in [2.45, 2.75) is 103 Å². The molecule has 2 saturated carbocycles. The molecule has 0 heterocycles. The van der Waals surface area contributed by atoms with Gasteiger partial charge in [-0.05, 0) is 150 Å². The van der Waals surface area contributed by atoms with E-state index in [0.717, 1.165) is 69.9 Å². The molecule has 1 unspecified atom stereocenters. The molecule has 0 saturated heterocycles. The quantitative estimate of drug-likeness (QED) is 0.0550. The summed E-state index contributed by atoms with van der Waals surface area (Å²) in [5.41, 5.74) is 0.279. The van der Waals surface area contributed by atoms with Gasteiger partial charge < -0.3 is 9.47 Å². The lowest BCUT2D eigenvalue weighted by atomic mass is 9.66. The summed E-state index contributed by atoms with van der Waals surface area (Å²) in [4.78, 5) is 22.4. The molecular formula is C39H49F5O4. The number of ether oxygens (including phenoxy) is 2. The van der Waals surface area contributed by atoms with E-state index < -0.39 is 29.9 Å². The van der Waals surface area contributed by atoms with Crippen molar-refractivity contribution in [2.24, 2.45) is 23.7 Å². The number of hydrogen-bond acceptors (Lipinski definition) is 4. The first-order chi connectivity index (χ1) is 23.1. The fourth-order valence-corrected chi connectivity index (χ4v) is 8.03. The number of benzene rings is 2. The Labute approximate surface area is 281 Å². The van der Waals surface area contributed by atoms with Crippen LogP contribution in [0.2, 0.25) is 0 Å². The third-order valence-electron chi connectivity index (χ3n) is 10.7. The molecular weight excluding hydrogens is 627 g/mol. The van der Waals surface area contributed by atoms with Crippen molar-refractivity contribution in [2.75, 3.05) is 19.9 Å². The highest BCUT2D eigenvalue weighted by atomic mass is 19.2. The van der Waals surface area contributed by atoms with Crippen LogP contribution in [-0.4, -0.2) is 32.3 Å². The van der Waals surface area contributed by atoms with Gasteiger partial charge in [-0.3, -0.25) is 9.18 Å². The Balaban J connectivity index is 1.31. The van der Waals surface area contributed by atoms with Gasteiger partial charge in [-0.15, -0.1) is 0 Å². The van der Waals surface area contributed by atoms with E-state index in [1.54, 1.807) is 6.92 Å². The van der Waals surface area contributed by atoms with Crippen LogP contribution in [0.1, 0.15) is 107 Å². The molecule has 48 heavy (non-hydrogen) atoms. The first kappa shape index (κ1) is 37.6. The van der Waals surface area contributed by atoms with Gasteiger partial charge in [0.1, 0.15) is 11.6 Å². The molecule has 9 heteroatoms. The van der Waals surface area contributed by atoms with Gasteiger partial charge in [-0.2, -0.15) is 0 Å². The molecule has 4 rings (SSSR count). The van der Waals surface area contributed by atoms with Crippen LogP contribution in [0.4, 0.5) is 22.0 Å². The lowest BCUT2D eigenvalue weighted by Gasteiger charge is -2.40. The highest BCUT2D eigenvalue weighted by molar-refractivity contribution is 5.86. The second-order valence-corrected chi connectivity index (χ2v) is 13.8. The van der Waals surface area contributed by atoms with Crippen LogP contribution in [-0.2, 0) is 25.5 Å². The highest BCUT2D eigenvalue weighted by Gasteiger charge is 2.35. The van der Waals surface area contributed by atoms with Crippen LogP contribution in [0.5, 0.6) is 0 Å². The van der Waals surface area contributed by atoms with Crippen molar-refractivity contribution in [1.82, 2.24) is 0 Å². The van der Waals surface area contributed by atoms with Crippen molar-refractivity contribution in [3.05, 3.63) is 70.8 Å². The summed E-state index contributed by atoms with van der Waals surface area (Å²) >= 11 is 0. The number of carbonyl (C=O) groups is 2. The Morgan fingerprint density at radius 1 is 0.875 bits per heavy atom. The van der Waals surface area contributed by atoms with Crippen molar-refractivity contribution in [1.29, 1.82) is 0 Å². The van der Waals surface area contributed by atoms with Gasteiger partial charge in [0.25, 0.3) is 6.47 Å². The van der Waals surface area contributed by atoms with Crippen molar-refractivity contribution < 1.29 is 41.0 Å². The topological polar surface area (TPSA) is 52.6 Å². The number of aryl methyl sites for hydroxylation is 1.